The van der Waals surface area contributed by atoms with Gasteiger partial charge in [-0.05, 0) is 55.2 Å². The molecule has 11 nitrogen and oxygen atoms in total. The summed E-state index contributed by atoms with van der Waals surface area (Å²) in [7, 11) is 0. The first-order valence-corrected chi connectivity index (χ1v) is 11.3. The zero-order valence-corrected chi connectivity index (χ0v) is 21.0. The molecule has 0 saturated heterocycles. The van der Waals surface area contributed by atoms with Gasteiger partial charge in [0.25, 0.3) is 5.56 Å². The Morgan fingerprint density at radius 1 is 0.865 bits per heavy atom. The number of aromatic amines is 1. The van der Waals surface area contributed by atoms with E-state index in [1.165, 1.54) is 24.3 Å². The van der Waals surface area contributed by atoms with Crippen molar-refractivity contribution in [2.45, 2.75) is 44.9 Å². The summed E-state index contributed by atoms with van der Waals surface area (Å²) >= 11 is 0. The zero-order chi connectivity index (χ0) is 26.2. The largest absolute Gasteiger partial charge is 0.508 e. The lowest BCUT2D eigenvalue weighted by Crippen LogP contribution is -2.43. The number of nitrogens with two attached hydrogens (primary N) is 2. The number of hydrogen-bond acceptors (Lipinski definition) is 8. The minimum absolute atomic E-state index is 0. The maximum absolute atomic E-state index is 12.5. The number of rotatable bonds is 10. The second kappa shape index (κ2) is 13.4. The van der Waals surface area contributed by atoms with Gasteiger partial charge in [0.2, 0.25) is 11.8 Å². The normalized spacial score (nSPS) is 12.2. The first-order chi connectivity index (χ1) is 17.1. The summed E-state index contributed by atoms with van der Waals surface area (Å²) in [4.78, 5) is 44.1. The summed E-state index contributed by atoms with van der Waals surface area (Å²) in [5.74, 6) is -0.593. The molecule has 0 spiro atoms. The summed E-state index contributed by atoms with van der Waals surface area (Å²) in [6, 6.07) is 11.1. The summed E-state index contributed by atoms with van der Waals surface area (Å²) in [6.07, 6.45) is 0.551. The molecule has 198 valence electrons. The third-order valence-electron chi connectivity index (χ3n) is 5.59. The molecule has 3 aromatic rings. The minimum Gasteiger partial charge on any atom is -0.508 e. The number of aromatic hydroxyl groups is 2. The van der Waals surface area contributed by atoms with Crippen LogP contribution in [0.25, 0.3) is 0 Å². The van der Waals surface area contributed by atoms with Gasteiger partial charge < -0.3 is 37.3 Å². The molecule has 1 aromatic heterocycles. The van der Waals surface area contributed by atoms with E-state index in [2.05, 4.69) is 20.6 Å². The van der Waals surface area contributed by atoms with Crippen LogP contribution in [0.15, 0.2) is 53.3 Å². The van der Waals surface area contributed by atoms with E-state index in [9.17, 15) is 24.6 Å². The summed E-state index contributed by atoms with van der Waals surface area (Å²) < 4.78 is 0. The predicted molar refractivity (Wildman–Crippen MR) is 140 cm³/mol. The van der Waals surface area contributed by atoms with E-state index in [4.69, 9.17) is 11.5 Å². The smallest absolute Gasteiger partial charge is 0.271 e. The second-order valence-corrected chi connectivity index (χ2v) is 8.47. The molecule has 2 aromatic carbocycles. The highest BCUT2D eigenvalue weighted by Gasteiger charge is 2.17. The molecule has 2 amide bonds. The van der Waals surface area contributed by atoms with Crippen molar-refractivity contribution in [1.29, 1.82) is 0 Å². The lowest BCUT2D eigenvalue weighted by Gasteiger charge is -2.14. The van der Waals surface area contributed by atoms with E-state index in [1.807, 2.05) is 0 Å². The van der Waals surface area contributed by atoms with Crippen molar-refractivity contribution in [1.82, 2.24) is 20.6 Å². The Hall–Kier alpha value is -3.93. The van der Waals surface area contributed by atoms with E-state index in [0.717, 1.165) is 11.1 Å². The van der Waals surface area contributed by atoms with Crippen LogP contribution in [-0.2, 0) is 35.5 Å². The van der Waals surface area contributed by atoms with E-state index in [-0.39, 0.29) is 55.5 Å². The third kappa shape index (κ3) is 8.60. The van der Waals surface area contributed by atoms with Crippen LogP contribution in [0.5, 0.6) is 11.5 Å². The molecule has 0 aliphatic rings. The van der Waals surface area contributed by atoms with Crippen LogP contribution in [-0.4, -0.2) is 44.1 Å². The first kappa shape index (κ1) is 29.3. The molecule has 0 bridgehead atoms. The summed E-state index contributed by atoms with van der Waals surface area (Å²) in [5, 5.41) is 24.0. The number of carbonyl (C=O) groups is 2. The molecular formula is C25H31ClN6O5. The number of benzene rings is 2. The number of aromatic nitrogens is 2. The van der Waals surface area contributed by atoms with Crippen LogP contribution in [0.4, 0.5) is 0 Å². The van der Waals surface area contributed by atoms with Crippen LogP contribution in [0.2, 0.25) is 0 Å². The molecule has 0 saturated carbocycles. The molecule has 1 heterocycles. The number of hydrogen-bond donors (Lipinski definition) is 7. The van der Waals surface area contributed by atoms with Crippen LogP contribution in [0.3, 0.4) is 0 Å². The van der Waals surface area contributed by atoms with Crippen molar-refractivity contribution in [3.63, 3.8) is 0 Å². The summed E-state index contributed by atoms with van der Waals surface area (Å²) in [5.41, 5.74) is 14.0. The molecular weight excluding hydrogens is 500 g/mol. The Morgan fingerprint density at radius 2 is 1.30 bits per heavy atom. The Balaban J connectivity index is 0.00000481. The molecule has 2 unspecified atom stereocenters. The molecule has 2 atom stereocenters. The van der Waals surface area contributed by atoms with E-state index >= 15 is 0 Å². The minimum atomic E-state index is -0.838. The van der Waals surface area contributed by atoms with Crippen molar-refractivity contribution < 1.29 is 19.8 Å². The predicted octanol–water partition coefficient (Wildman–Crippen LogP) is 0.284. The lowest BCUT2D eigenvalue weighted by atomic mass is 10.1. The number of nitrogens with one attached hydrogen (secondary N) is 3. The summed E-state index contributed by atoms with van der Waals surface area (Å²) in [6.45, 7) is 1.60. The number of aryl methyl sites for hydroxylation is 1. The number of phenols is 2. The van der Waals surface area contributed by atoms with Gasteiger partial charge >= 0.3 is 0 Å². The number of halogens is 1. The van der Waals surface area contributed by atoms with Gasteiger partial charge in [-0.15, -0.1) is 12.4 Å². The maximum Gasteiger partial charge on any atom is 0.271 e. The number of H-pyrrole nitrogens is 1. The van der Waals surface area contributed by atoms with Gasteiger partial charge in [0.05, 0.1) is 36.6 Å². The third-order valence-corrected chi connectivity index (χ3v) is 5.59. The average Bonchev–Trinajstić information content (AvgIpc) is 2.85. The Bertz CT molecular complexity index is 1260. The number of amides is 2. The highest BCUT2D eigenvalue weighted by Crippen LogP contribution is 2.12. The fraction of sp³-hybridized carbons (Fsp3) is 0.280. The SMILES string of the molecule is Cc1nc(CNC(=O)C(N)Cc2ccc(O)cc2)c(=O)[nH]c1CNC(=O)C(N)Cc1ccc(O)cc1.Cl. The molecule has 9 N–H and O–H groups in total. The molecule has 12 heteroatoms. The van der Waals surface area contributed by atoms with Crippen molar-refractivity contribution in [3.8, 4) is 11.5 Å². The number of carbonyl (C=O) groups excluding carboxylic acids is 2. The van der Waals surface area contributed by atoms with Crippen LogP contribution >= 0.6 is 12.4 Å². The van der Waals surface area contributed by atoms with Crippen molar-refractivity contribution in [3.05, 3.63) is 87.1 Å². The maximum atomic E-state index is 12.5. The monoisotopic (exact) mass is 530 g/mol. The van der Waals surface area contributed by atoms with Crippen LogP contribution in [0, 0.1) is 6.92 Å². The molecule has 37 heavy (non-hydrogen) atoms. The molecule has 0 aliphatic heterocycles. The van der Waals surface area contributed by atoms with Gasteiger partial charge in [-0.2, -0.15) is 0 Å². The fourth-order valence-corrected chi connectivity index (χ4v) is 3.48. The van der Waals surface area contributed by atoms with Gasteiger partial charge in [-0.3, -0.25) is 14.4 Å². The number of nitrogens with zero attached hydrogens (tertiary/aromatic N) is 1. The Labute approximate surface area is 219 Å². The topological polar surface area (TPSA) is 196 Å². The van der Waals surface area contributed by atoms with Crippen LogP contribution < -0.4 is 27.7 Å². The van der Waals surface area contributed by atoms with Gasteiger partial charge in [-0.25, -0.2) is 4.98 Å². The Kier molecular flexibility index (Phi) is 10.6. The van der Waals surface area contributed by atoms with Gasteiger partial charge in [-0.1, -0.05) is 24.3 Å². The van der Waals surface area contributed by atoms with Gasteiger partial charge in [0.1, 0.15) is 17.2 Å². The highest BCUT2D eigenvalue weighted by molar-refractivity contribution is 5.85. The quantitative estimate of drug-likeness (QED) is 0.194. The zero-order valence-electron chi connectivity index (χ0n) is 20.2. The van der Waals surface area contributed by atoms with Crippen molar-refractivity contribution >= 4 is 24.2 Å². The van der Waals surface area contributed by atoms with Crippen molar-refractivity contribution in [2.75, 3.05) is 0 Å². The number of phenolic OH excluding ortho intramolecular Hbond substituents is 2. The second-order valence-electron chi connectivity index (χ2n) is 8.47. The molecule has 3 rings (SSSR count). The Morgan fingerprint density at radius 3 is 1.76 bits per heavy atom. The van der Waals surface area contributed by atoms with E-state index in [1.54, 1.807) is 31.2 Å². The molecule has 0 fully saturated rings. The van der Waals surface area contributed by atoms with Crippen LogP contribution in [0.1, 0.15) is 28.2 Å². The lowest BCUT2D eigenvalue weighted by molar-refractivity contribution is -0.123. The highest BCUT2D eigenvalue weighted by atomic mass is 35.5. The first-order valence-electron chi connectivity index (χ1n) is 11.3. The van der Waals surface area contributed by atoms with Gasteiger partial charge in [0, 0.05) is 0 Å². The average molecular weight is 531 g/mol. The molecule has 0 aliphatic carbocycles. The van der Waals surface area contributed by atoms with E-state index < -0.39 is 29.5 Å². The van der Waals surface area contributed by atoms with Crippen molar-refractivity contribution in [2.24, 2.45) is 11.5 Å². The van der Waals surface area contributed by atoms with Gasteiger partial charge in [0.15, 0.2) is 0 Å². The van der Waals surface area contributed by atoms with E-state index in [0.29, 0.717) is 11.4 Å². The molecule has 0 radical (unpaired) electrons. The fourth-order valence-electron chi connectivity index (χ4n) is 3.48. The standard InChI is InChI=1S/C25H30N6O5.ClH/c1-14-21(12-28-23(34)19(26)10-15-2-6-17(32)7-3-15)31-25(36)22(30-14)13-29-24(35)20(27)11-16-4-8-18(33)9-5-16;/h2-9,19-20,32-33H,10-13,26-27H2,1H3,(H,28,34)(H,29,35)(H,31,36);1H.